The molecule has 0 saturated carbocycles. The Morgan fingerprint density at radius 2 is 2.00 bits per heavy atom. The highest BCUT2D eigenvalue weighted by Gasteiger charge is 2.17. The van der Waals surface area contributed by atoms with Crippen molar-refractivity contribution in [2.24, 2.45) is 0 Å². The number of methoxy groups -OCH3 is 2. The summed E-state index contributed by atoms with van der Waals surface area (Å²) in [6, 6.07) is 12.7. The SMILES string of the molecule is COc1ccn(Cc2nc(NC(=O)N[C@H](C)c3ccccc3)cc3[nH]nc(OC)c23)n1. The number of carbonyl (C=O) groups is 1. The van der Waals surface area contributed by atoms with Crippen LogP contribution >= 0.6 is 0 Å². The molecule has 0 aliphatic rings. The molecule has 4 aromatic rings. The predicted octanol–water partition coefficient (Wildman–Crippen LogP) is 3.10. The van der Waals surface area contributed by atoms with E-state index in [0.717, 1.165) is 10.9 Å². The molecule has 0 aliphatic heterocycles. The fraction of sp³-hybridized carbons (Fsp3) is 0.238. The molecule has 10 heteroatoms. The van der Waals surface area contributed by atoms with Gasteiger partial charge in [-0.15, -0.1) is 10.2 Å². The number of pyridine rings is 1. The first-order chi connectivity index (χ1) is 15.1. The third kappa shape index (κ3) is 4.42. The maximum absolute atomic E-state index is 12.6. The normalized spacial score (nSPS) is 11.8. The number of hydrogen-bond donors (Lipinski definition) is 3. The first-order valence-electron chi connectivity index (χ1n) is 9.69. The Morgan fingerprint density at radius 3 is 2.71 bits per heavy atom. The van der Waals surface area contributed by atoms with Crippen LogP contribution in [0.5, 0.6) is 11.8 Å². The van der Waals surface area contributed by atoms with Crippen LogP contribution in [0.4, 0.5) is 10.6 Å². The van der Waals surface area contributed by atoms with Crippen molar-refractivity contribution in [2.75, 3.05) is 19.5 Å². The van der Waals surface area contributed by atoms with E-state index >= 15 is 0 Å². The highest BCUT2D eigenvalue weighted by Crippen LogP contribution is 2.28. The van der Waals surface area contributed by atoms with Gasteiger partial charge in [0.25, 0.3) is 0 Å². The van der Waals surface area contributed by atoms with Gasteiger partial charge in [0.05, 0.1) is 43.4 Å². The fourth-order valence-corrected chi connectivity index (χ4v) is 3.29. The Hall–Kier alpha value is -4.08. The lowest BCUT2D eigenvalue weighted by Crippen LogP contribution is -2.31. The molecule has 3 heterocycles. The molecule has 0 radical (unpaired) electrons. The van der Waals surface area contributed by atoms with Crippen LogP contribution in [-0.4, -0.2) is 45.2 Å². The maximum atomic E-state index is 12.6. The monoisotopic (exact) mass is 421 g/mol. The summed E-state index contributed by atoms with van der Waals surface area (Å²) in [7, 11) is 3.10. The molecule has 3 N–H and O–H groups in total. The second kappa shape index (κ2) is 8.74. The van der Waals surface area contributed by atoms with E-state index in [1.165, 1.54) is 0 Å². The smallest absolute Gasteiger partial charge is 0.320 e. The minimum Gasteiger partial charge on any atom is -0.480 e. The molecule has 4 rings (SSSR count). The number of fused-ring (bicyclic) bond motifs is 1. The summed E-state index contributed by atoms with van der Waals surface area (Å²) in [5, 5.41) is 17.9. The Balaban J connectivity index is 1.58. The average Bonchev–Trinajstić information content (AvgIpc) is 3.40. The fourth-order valence-electron chi connectivity index (χ4n) is 3.29. The first kappa shape index (κ1) is 20.2. The van der Waals surface area contributed by atoms with Crippen molar-refractivity contribution >= 4 is 22.8 Å². The van der Waals surface area contributed by atoms with E-state index in [2.05, 4.69) is 30.9 Å². The van der Waals surface area contributed by atoms with Gasteiger partial charge < -0.3 is 14.8 Å². The third-order valence-electron chi connectivity index (χ3n) is 4.81. The number of rotatable bonds is 7. The van der Waals surface area contributed by atoms with Gasteiger partial charge in [-0.2, -0.15) is 0 Å². The molecule has 3 aromatic heterocycles. The highest BCUT2D eigenvalue weighted by molar-refractivity contribution is 5.93. The lowest BCUT2D eigenvalue weighted by atomic mass is 10.1. The molecule has 0 aliphatic carbocycles. The molecular formula is C21H23N7O3. The molecule has 0 unspecified atom stereocenters. The van der Waals surface area contributed by atoms with Crippen molar-refractivity contribution in [1.82, 2.24) is 30.3 Å². The van der Waals surface area contributed by atoms with Crippen LogP contribution < -0.4 is 20.1 Å². The van der Waals surface area contributed by atoms with E-state index in [0.29, 0.717) is 35.3 Å². The largest absolute Gasteiger partial charge is 0.480 e. The van der Waals surface area contributed by atoms with Crippen LogP contribution in [0.2, 0.25) is 0 Å². The summed E-state index contributed by atoms with van der Waals surface area (Å²) in [4.78, 5) is 17.2. The first-order valence-corrected chi connectivity index (χ1v) is 9.69. The molecule has 1 aromatic carbocycles. The number of urea groups is 1. The third-order valence-corrected chi connectivity index (χ3v) is 4.81. The zero-order valence-corrected chi connectivity index (χ0v) is 17.4. The van der Waals surface area contributed by atoms with Gasteiger partial charge in [-0.1, -0.05) is 30.3 Å². The Bertz CT molecular complexity index is 1190. The van der Waals surface area contributed by atoms with Crippen LogP contribution in [0.1, 0.15) is 24.2 Å². The minimum atomic E-state index is -0.360. The van der Waals surface area contributed by atoms with E-state index in [-0.39, 0.29) is 12.1 Å². The van der Waals surface area contributed by atoms with Crippen molar-refractivity contribution in [3.8, 4) is 11.8 Å². The van der Waals surface area contributed by atoms with Crippen molar-refractivity contribution in [1.29, 1.82) is 0 Å². The van der Waals surface area contributed by atoms with Crippen molar-refractivity contribution < 1.29 is 14.3 Å². The lowest BCUT2D eigenvalue weighted by Gasteiger charge is -2.15. The van der Waals surface area contributed by atoms with Crippen molar-refractivity contribution in [3.63, 3.8) is 0 Å². The molecule has 31 heavy (non-hydrogen) atoms. The molecule has 0 saturated heterocycles. The van der Waals surface area contributed by atoms with Gasteiger partial charge in [0, 0.05) is 18.3 Å². The summed E-state index contributed by atoms with van der Waals surface area (Å²) >= 11 is 0. The molecule has 0 spiro atoms. The van der Waals surface area contributed by atoms with Crippen molar-refractivity contribution in [2.45, 2.75) is 19.5 Å². The van der Waals surface area contributed by atoms with E-state index in [4.69, 9.17) is 9.47 Å². The lowest BCUT2D eigenvalue weighted by molar-refractivity contribution is 0.249. The van der Waals surface area contributed by atoms with Gasteiger partial charge in [-0.3, -0.25) is 15.1 Å². The van der Waals surface area contributed by atoms with Gasteiger partial charge in [0.1, 0.15) is 5.82 Å². The second-order valence-corrected chi connectivity index (χ2v) is 6.90. The molecule has 1 atom stereocenters. The van der Waals surface area contributed by atoms with Crippen LogP contribution in [0.3, 0.4) is 0 Å². The Morgan fingerprint density at radius 1 is 1.19 bits per heavy atom. The van der Waals surface area contributed by atoms with Gasteiger partial charge in [0.2, 0.25) is 11.8 Å². The number of H-pyrrole nitrogens is 1. The second-order valence-electron chi connectivity index (χ2n) is 6.90. The van der Waals surface area contributed by atoms with E-state index in [1.807, 2.05) is 37.3 Å². The van der Waals surface area contributed by atoms with Crippen LogP contribution in [0.15, 0.2) is 48.7 Å². The number of aromatic nitrogens is 5. The highest BCUT2D eigenvalue weighted by atomic mass is 16.5. The summed E-state index contributed by atoms with van der Waals surface area (Å²) in [5.41, 5.74) is 2.33. The summed E-state index contributed by atoms with van der Waals surface area (Å²) in [6.45, 7) is 2.26. The van der Waals surface area contributed by atoms with Gasteiger partial charge in [-0.25, -0.2) is 9.78 Å². The van der Waals surface area contributed by atoms with E-state index < -0.39 is 0 Å². The van der Waals surface area contributed by atoms with Crippen LogP contribution in [0, 0.1) is 0 Å². The number of nitrogens with one attached hydrogen (secondary N) is 3. The number of hydrogen-bond acceptors (Lipinski definition) is 6. The number of benzene rings is 1. The number of amides is 2. The number of nitrogens with zero attached hydrogens (tertiary/aromatic N) is 4. The summed E-state index contributed by atoms with van der Waals surface area (Å²) in [5.74, 6) is 1.30. The molecule has 0 fully saturated rings. The number of ether oxygens (including phenoxy) is 2. The quantitative estimate of drug-likeness (QED) is 0.422. The average molecular weight is 421 g/mol. The van der Waals surface area contributed by atoms with Crippen LogP contribution in [0.25, 0.3) is 10.9 Å². The zero-order chi connectivity index (χ0) is 21.8. The number of anilines is 1. The topological polar surface area (TPSA) is 119 Å². The van der Waals surface area contributed by atoms with Gasteiger partial charge in [0.15, 0.2) is 0 Å². The molecule has 160 valence electrons. The predicted molar refractivity (Wildman–Crippen MR) is 115 cm³/mol. The van der Waals surface area contributed by atoms with Gasteiger partial charge >= 0.3 is 6.03 Å². The standard InChI is InChI=1S/C21H23N7O3/c1-13(14-7-5-4-6-8-14)22-21(29)24-17-11-15-19(20(31-3)26-25-15)16(23-17)12-28-10-9-18(27-28)30-2/h4-11,13H,12H2,1-3H3,(H,25,26)(H2,22,23,24,29)/t13-/m1/s1. The zero-order valence-electron chi connectivity index (χ0n) is 17.4. The van der Waals surface area contributed by atoms with Crippen molar-refractivity contribution in [3.05, 3.63) is 59.9 Å². The summed E-state index contributed by atoms with van der Waals surface area (Å²) < 4.78 is 12.2. The molecular weight excluding hydrogens is 398 g/mol. The molecule has 0 bridgehead atoms. The minimum absolute atomic E-state index is 0.159. The molecule has 10 nitrogen and oxygen atoms in total. The Kier molecular flexibility index (Phi) is 5.69. The maximum Gasteiger partial charge on any atom is 0.320 e. The Labute approximate surface area is 178 Å². The van der Waals surface area contributed by atoms with Gasteiger partial charge in [-0.05, 0) is 12.5 Å². The summed E-state index contributed by atoms with van der Waals surface area (Å²) in [6.07, 6.45) is 1.78. The van der Waals surface area contributed by atoms with Crippen LogP contribution in [-0.2, 0) is 6.54 Å². The van der Waals surface area contributed by atoms with E-state index in [1.54, 1.807) is 37.2 Å². The number of carbonyl (C=O) groups excluding carboxylic acids is 1. The number of aromatic amines is 1. The molecule has 2 amide bonds. The van der Waals surface area contributed by atoms with E-state index in [9.17, 15) is 4.79 Å².